The summed E-state index contributed by atoms with van der Waals surface area (Å²) >= 11 is 3.40. The zero-order valence-corrected chi connectivity index (χ0v) is 21.3. The van der Waals surface area contributed by atoms with E-state index in [1.54, 1.807) is 19.2 Å². The second-order valence-corrected chi connectivity index (χ2v) is 8.95. The van der Waals surface area contributed by atoms with Crippen LogP contribution in [0.15, 0.2) is 83.9 Å². The Morgan fingerprint density at radius 1 is 1.11 bits per heavy atom. The van der Waals surface area contributed by atoms with Gasteiger partial charge in [0.2, 0.25) is 0 Å². The van der Waals surface area contributed by atoms with Crippen molar-refractivity contribution in [1.82, 2.24) is 14.9 Å². The summed E-state index contributed by atoms with van der Waals surface area (Å²) in [7, 11) is 1.65. The molecule has 0 spiro atoms. The first kappa shape index (κ1) is 24.5. The van der Waals surface area contributed by atoms with Crippen LogP contribution < -0.4 is 14.8 Å². The minimum Gasteiger partial charge on any atom is -0.493 e. The molecule has 0 unspecified atom stereocenters. The van der Waals surface area contributed by atoms with E-state index in [9.17, 15) is 4.79 Å². The van der Waals surface area contributed by atoms with Gasteiger partial charge < -0.3 is 19.4 Å². The summed E-state index contributed by atoms with van der Waals surface area (Å²) in [6.45, 7) is 5.35. The molecular weight excluding hydrogens is 506 g/mol. The molecule has 0 radical (unpaired) electrons. The molecule has 1 amide bonds. The Labute approximate surface area is 213 Å². The summed E-state index contributed by atoms with van der Waals surface area (Å²) < 4.78 is 14.6. The van der Waals surface area contributed by atoms with Gasteiger partial charge in [-0.2, -0.15) is 0 Å². The number of hydrogen-bond acceptors (Lipinski definition) is 4. The number of aromatic nitrogens is 2. The summed E-state index contributed by atoms with van der Waals surface area (Å²) in [6.07, 6.45) is 3.42. The predicted octanol–water partition coefficient (Wildman–Crippen LogP) is 5.94. The number of rotatable bonds is 11. The van der Waals surface area contributed by atoms with Crippen molar-refractivity contribution in [3.05, 3.63) is 101 Å². The number of amides is 1. The SMILES string of the molecule is C=CCc1ccc(OCCCn2c(CNC(=O)c3ccc(Br)cc3)nc3ccccc32)c(OC)c1. The second-order valence-electron chi connectivity index (χ2n) is 8.04. The Morgan fingerprint density at radius 3 is 2.69 bits per heavy atom. The van der Waals surface area contributed by atoms with E-state index in [1.165, 1.54) is 0 Å². The summed E-state index contributed by atoms with van der Waals surface area (Å²) in [5.41, 5.74) is 3.67. The van der Waals surface area contributed by atoms with Crippen molar-refractivity contribution < 1.29 is 14.3 Å². The Kier molecular flexibility index (Phi) is 8.21. The molecule has 0 aliphatic carbocycles. The van der Waals surface area contributed by atoms with Crippen molar-refractivity contribution >= 4 is 32.9 Å². The normalized spacial score (nSPS) is 10.8. The Hall–Kier alpha value is -3.58. The Balaban J connectivity index is 1.41. The van der Waals surface area contributed by atoms with E-state index < -0.39 is 0 Å². The molecule has 35 heavy (non-hydrogen) atoms. The van der Waals surface area contributed by atoms with E-state index in [0.717, 1.165) is 45.5 Å². The number of allylic oxidation sites excluding steroid dienone is 1. The number of nitrogens with one attached hydrogen (secondary N) is 1. The minimum absolute atomic E-state index is 0.133. The van der Waals surface area contributed by atoms with Gasteiger partial charge in [-0.1, -0.05) is 40.2 Å². The number of imidazole rings is 1. The number of fused-ring (bicyclic) bond motifs is 1. The number of aryl methyl sites for hydroxylation is 1. The van der Waals surface area contributed by atoms with Crippen molar-refractivity contribution in [3.8, 4) is 11.5 Å². The third-order valence-electron chi connectivity index (χ3n) is 5.64. The fraction of sp³-hybridized carbons (Fsp3) is 0.214. The lowest BCUT2D eigenvalue weighted by atomic mass is 10.1. The van der Waals surface area contributed by atoms with Gasteiger partial charge in [0, 0.05) is 16.6 Å². The van der Waals surface area contributed by atoms with Gasteiger partial charge in [-0.15, -0.1) is 6.58 Å². The first-order chi connectivity index (χ1) is 17.1. The van der Waals surface area contributed by atoms with E-state index in [-0.39, 0.29) is 5.91 Å². The van der Waals surface area contributed by atoms with Gasteiger partial charge in [0.15, 0.2) is 11.5 Å². The first-order valence-corrected chi connectivity index (χ1v) is 12.3. The van der Waals surface area contributed by atoms with Crippen LogP contribution in [0.3, 0.4) is 0 Å². The van der Waals surface area contributed by atoms with Crippen LogP contribution in [-0.4, -0.2) is 29.2 Å². The number of methoxy groups -OCH3 is 1. The summed E-state index contributed by atoms with van der Waals surface area (Å²) in [4.78, 5) is 17.4. The van der Waals surface area contributed by atoms with Gasteiger partial charge >= 0.3 is 0 Å². The molecule has 6 nitrogen and oxygen atoms in total. The molecule has 4 aromatic rings. The molecule has 0 fully saturated rings. The fourth-order valence-electron chi connectivity index (χ4n) is 3.90. The molecule has 180 valence electrons. The van der Waals surface area contributed by atoms with Gasteiger partial charge in [-0.05, 0) is 66.9 Å². The number of hydrogen-bond donors (Lipinski definition) is 1. The number of halogens is 1. The molecule has 1 N–H and O–H groups in total. The van der Waals surface area contributed by atoms with Gasteiger partial charge in [-0.3, -0.25) is 4.79 Å². The largest absolute Gasteiger partial charge is 0.493 e. The van der Waals surface area contributed by atoms with Crippen LogP contribution in [0.25, 0.3) is 11.0 Å². The molecule has 3 aromatic carbocycles. The van der Waals surface area contributed by atoms with Crippen molar-refractivity contribution in [2.75, 3.05) is 13.7 Å². The molecule has 1 aromatic heterocycles. The highest BCUT2D eigenvalue weighted by Crippen LogP contribution is 2.28. The number of ether oxygens (including phenoxy) is 2. The Bertz CT molecular complexity index is 1320. The molecule has 0 saturated carbocycles. The third-order valence-corrected chi connectivity index (χ3v) is 6.17. The maximum Gasteiger partial charge on any atom is 0.251 e. The van der Waals surface area contributed by atoms with Crippen molar-refractivity contribution in [2.24, 2.45) is 0 Å². The van der Waals surface area contributed by atoms with Crippen molar-refractivity contribution in [2.45, 2.75) is 25.9 Å². The predicted molar refractivity (Wildman–Crippen MR) is 142 cm³/mol. The molecule has 0 aliphatic heterocycles. The zero-order valence-electron chi connectivity index (χ0n) is 19.7. The van der Waals surface area contributed by atoms with Crippen molar-refractivity contribution in [1.29, 1.82) is 0 Å². The highest BCUT2D eigenvalue weighted by atomic mass is 79.9. The standard InChI is InChI=1S/C28H28BrN3O3/c1-3-7-20-10-15-25(26(18-20)34-2)35-17-6-16-32-24-9-5-4-8-23(24)31-27(32)19-30-28(33)21-11-13-22(29)14-12-21/h3-5,8-15,18H,1,6-7,16-17,19H2,2H3,(H,30,33). The lowest BCUT2D eigenvalue weighted by Crippen LogP contribution is -2.25. The van der Waals surface area contributed by atoms with Crippen LogP contribution >= 0.6 is 15.9 Å². The zero-order chi connectivity index (χ0) is 24.6. The average molecular weight is 534 g/mol. The topological polar surface area (TPSA) is 65.4 Å². The van der Waals surface area contributed by atoms with Gasteiger partial charge in [0.1, 0.15) is 5.82 Å². The molecule has 0 aliphatic rings. The Morgan fingerprint density at radius 2 is 1.91 bits per heavy atom. The number of carbonyl (C=O) groups is 1. The third kappa shape index (κ3) is 6.11. The van der Waals surface area contributed by atoms with Gasteiger partial charge in [0.25, 0.3) is 5.91 Å². The molecule has 0 atom stereocenters. The molecule has 0 saturated heterocycles. The van der Waals surface area contributed by atoms with Crippen molar-refractivity contribution in [3.63, 3.8) is 0 Å². The maximum absolute atomic E-state index is 12.6. The van der Waals surface area contributed by atoms with E-state index in [2.05, 4.69) is 32.4 Å². The molecular formula is C28H28BrN3O3. The number of nitrogens with zero attached hydrogens (tertiary/aromatic N) is 2. The van der Waals surface area contributed by atoms with Crippen LogP contribution in [0.4, 0.5) is 0 Å². The van der Waals surface area contributed by atoms with E-state index in [0.29, 0.717) is 31.0 Å². The monoisotopic (exact) mass is 533 g/mol. The molecule has 4 rings (SSSR count). The van der Waals surface area contributed by atoms with Crippen LogP contribution in [0.2, 0.25) is 0 Å². The molecule has 0 bridgehead atoms. The maximum atomic E-state index is 12.6. The van der Waals surface area contributed by atoms with E-state index in [1.807, 2.05) is 60.7 Å². The smallest absolute Gasteiger partial charge is 0.251 e. The highest BCUT2D eigenvalue weighted by Gasteiger charge is 2.13. The summed E-state index contributed by atoms with van der Waals surface area (Å²) in [6, 6.07) is 21.2. The molecule has 7 heteroatoms. The lowest BCUT2D eigenvalue weighted by molar-refractivity contribution is 0.0949. The highest BCUT2D eigenvalue weighted by molar-refractivity contribution is 9.10. The number of benzene rings is 3. The van der Waals surface area contributed by atoms with Crippen LogP contribution in [-0.2, 0) is 19.5 Å². The summed E-state index contributed by atoms with van der Waals surface area (Å²) in [5, 5.41) is 2.99. The van der Waals surface area contributed by atoms with Crippen LogP contribution in [0.5, 0.6) is 11.5 Å². The second kappa shape index (κ2) is 11.7. The number of carbonyl (C=O) groups excluding carboxylic acids is 1. The molecule has 1 heterocycles. The van der Waals surface area contributed by atoms with E-state index in [4.69, 9.17) is 14.5 Å². The lowest BCUT2D eigenvalue weighted by Gasteiger charge is -2.13. The minimum atomic E-state index is -0.133. The van der Waals surface area contributed by atoms with E-state index >= 15 is 0 Å². The van der Waals surface area contributed by atoms with Crippen LogP contribution in [0.1, 0.15) is 28.2 Å². The summed E-state index contributed by atoms with van der Waals surface area (Å²) in [5.74, 6) is 2.11. The van der Waals surface area contributed by atoms with Crippen LogP contribution in [0, 0.1) is 0 Å². The van der Waals surface area contributed by atoms with Gasteiger partial charge in [0.05, 0.1) is 31.3 Å². The first-order valence-electron chi connectivity index (χ1n) is 11.5. The fourth-order valence-corrected chi connectivity index (χ4v) is 4.17. The quantitative estimate of drug-likeness (QED) is 0.191. The average Bonchev–Trinajstić information content (AvgIpc) is 3.23. The number of para-hydroxylation sites is 2. The van der Waals surface area contributed by atoms with Gasteiger partial charge in [-0.25, -0.2) is 4.98 Å².